The molecular weight excluding hydrogens is 819 g/mol. The van der Waals surface area contributed by atoms with Crippen LogP contribution in [-0.4, -0.2) is 53.8 Å². The Morgan fingerprint density at radius 3 is 1.92 bits per heavy atom. The maximum Gasteiger partial charge on any atom is 0.306 e. The summed E-state index contributed by atoms with van der Waals surface area (Å²) in [5, 5.41) is 9.20. The highest BCUT2D eigenvalue weighted by Gasteiger charge is 2.53. The molecule has 2 atom stereocenters. The lowest BCUT2D eigenvalue weighted by atomic mass is 9.83. The minimum absolute atomic E-state index is 0.00105. The van der Waals surface area contributed by atoms with E-state index in [0.29, 0.717) is 67.6 Å². The molecule has 0 bridgehead atoms. The van der Waals surface area contributed by atoms with E-state index in [0.717, 1.165) is 27.8 Å². The van der Waals surface area contributed by atoms with Gasteiger partial charge in [0.2, 0.25) is 5.90 Å². The fourth-order valence-corrected chi connectivity index (χ4v) is 7.40. The van der Waals surface area contributed by atoms with E-state index in [1.54, 1.807) is 12.1 Å². The number of aliphatic hydroxyl groups is 1. The molecular formula is C54H57N3O8. The summed E-state index contributed by atoms with van der Waals surface area (Å²) < 4.78 is 30.7. The van der Waals surface area contributed by atoms with Crippen molar-refractivity contribution in [3.63, 3.8) is 0 Å². The van der Waals surface area contributed by atoms with Crippen molar-refractivity contribution in [1.29, 1.82) is 0 Å². The predicted octanol–water partition coefficient (Wildman–Crippen LogP) is 9.52. The Hall–Kier alpha value is -6.95. The van der Waals surface area contributed by atoms with E-state index >= 15 is 0 Å². The number of aliphatic hydroxyl groups excluding tert-OH is 1. The van der Waals surface area contributed by atoms with Crippen molar-refractivity contribution >= 4 is 17.8 Å². The van der Waals surface area contributed by atoms with Crippen molar-refractivity contribution in [1.82, 2.24) is 10.9 Å². The van der Waals surface area contributed by atoms with Crippen molar-refractivity contribution in [3.05, 3.63) is 186 Å². The molecule has 1 aliphatic rings. The summed E-state index contributed by atoms with van der Waals surface area (Å²) in [5.74, 6) is 1.20. The van der Waals surface area contributed by atoms with Crippen LogP contribution in [0.2, 0.25) is 0 Å². The average molecular weight is 876 g/mol. The number of amides is 1. The number of nitrogens with one attached hydrogen (secondary N) is 2. The Morgan fingerprint density at radius 2 is 1.29 bits per heavy atom. The maximum absolute atomic E-state index is 14.8. The molecule has 0 saturated heterocycles. The van der Waals surface area contributed by atoms with Gasteiger partial charge in [0.25, 0.3) is 5.91 Å². The first-order chi connectivity index (χ1) is 31.6. The molecule has 3 N–H and O–H groups in total. The zero-order chi connectivity index (χ0) is 45.5. The van der Waals surface area contributed by atoms with E-state index in [1.807, 2.05) is 166 Å². The number of hydrogen-bond acceptors (Lipinski definition) is 10. The molecule has 0 aliphatic carbocycles. The second-order valence-corrected chi connectivity index (χ2v) is 16.8. The highest BCUT2D eigenvalue weighted by atomic mass is 16.6. The van der Waals surface area contributed by atoms with Gasteiger partial charge in [0.15, 0.2) is 23.1 Å². The van der Waals surface area contributed by atoms with Crippen LogP contribution in [-0.2, 0) is 38.7 Å². The molecule has 11 heteroatoms. The van der Waals surface area contributed by atoms with Crippen LogP contribution in [0.15, 0.2) is 163 Å². The van der Waals surface area contributed by atoms with Crippen molar-refractivity contribution in [3.8, 4) is 28.4 Å². The molecule has 6 aromatic rings. The number of esters is 1. The standard InChI is InChI=1S/C54H57N3O8/c1-53(2,3)65-49(59)30-32-54(50(44-23-21-43(22-24-44)42-18-11-6-12-19-42)64-51(56-54)45-25-27-46(28-26-45)61-35-13-34-58)52(60)57-55-33-31-39-20-29-47(62-37-40-14-7-4-8-15-40)48(36-39)63-38-41-16-9-5-10-17-41/h4-12,14-29,36,50,55,58H,13,30-35,37-38H2,1-3H3,(H,57,60)/t50-,54-/m0/s1. The van der Waals surface area contributed by atoms with E-state index < -0.39 is 29.1 Å². The van der Waals surface area contributed by atoms with Gasteiger partial charge < -0.3 is 28.8 Å². The van der Waals surface area contributed by atoms with Crippen LogP contribution < -0.4 is 25.1 Å². The third-order valence-electron chi connectivity index (χ3n) is 10.7. The van der Waals surface area contributed by atoms with Crippen LogP contribution in [0.3, 0.4) is 0 Å². The number of hydrazine groups is 1. The predicted molar refractivity (Wildman–Crippen MR) is 252 cm³/mol. The number of nitrogens with zero attached hydrogens (tertiary/aromatic N) is 1. The highest BCUT2D eigenvalue weighted by molar-refractivity contribution is 6.01. The first kappa shape index (κ1) is 46.1. The minimum atomic E-state index is -1.58. The highest BCUT2D eigenvalue weighted by Crippen LogP contribution is 2.44. The monoisotopic (exact) mass is 875 g/mol. The molecule has 1 amide bonds. The summed E-state index contributed by atoms with van der Waals surface area (Å²) in [6.45, 7) is 6.95. The van der Waals surface area contributed by atoms with Crippen molar-refractivity contribution < 1.29 is 38.4 Å². The SMILES string of the molecule is CC(C)(C)OC(=O)CC[C@]1(C(=O)NNCCc2ccc(OCc3ccccc3)c(OCc3ccccc3)c2)N=C(c2ccc(OCCCO)cc2)O[C@H]1c1ccc(-c2ccccc2)cc1. The lowest BCUT2D eigenvalue weighted by molar-refractivity contribution is -0.155. The van der Waals surface area contributed by atoms with E-state index in [-0.39, 0.29) is 25.3 Å². The summed E-state index contributed by atoms with van der Waals surface area (Å²) in [4.78, 5) is 33.2. The first-order valence-corrected chi connectivity index (χ1v) is 22.1. The largest absolute Gasteiger partial charge is 0.494 e. The molecule has 7 rings (SSSR count). The van der Waals surface area contributed by atoms with Gasteiger partial charge in [-0.25, -0.2) is 10.4 Å². The number of carbonyl (C=O) groups is 2. The third kappa shape index (κ3) is 12.8. The molecule has 0 aromatic heterocycles. The Bertz CT molecular complexity index is 2470. The quantitative estimate of drug-likeness (QED) is 0.0367. The average Bonchev–Trinajstić information content (AvgIpc) is 3.73. The van der Waals surface area contributed by atoms with Crippen molar-refractivity contribution in [2.24, 2.45) is 4.99 Å². The number of carbonyl (C=O) groups excluding carboxylic acids is 2. The Balaban J connectivity index is 1.13. The van der Waals surface area contributed by atoms with E-state index in [9.17, 15) is 14.7 Å². The van der Waals surface area contributed by atoms with Crippen LogP contribution >= 0.6 is 0 Å². The molecule has 0 radical (unpaired) electrons. The summed E-state index contributed by atoms with van der Waals surface area (Å²) in [6, 6.07) is 50.9. The number of rotatable bonds is 21. The van der Waals surface area contributed by atoms with Gasteiger partial charge in [-0.05, 0) is 103 Å². The van der Waals surface area contributed by atoms with Crippen LogP contribution in [0.25, 0.3) is 11.1 Å². The molecule has 6 aromatic carbocycles. The van der Waals surface area contributed by atoms with E-state index in [4.69, 9.17) is 28.7 Å². The van der Waals surface area contributed by atoms with Crippen molar-refractivity contribution in [2.45, 2.75) is 76.9 Å². The molecule has 1 heterocycles. The van der Waals surface area contributed by atoms with Gasteiger partial charge in [0.1, 0.15) is 24.6 Å². The third-order valence-corrected chi connectivity index (χ3v) is 10.7. The van der Waals surface area contributed by atoms with Gasteiger partial charge in [-0.3, -0.25) is 15.0 Å². The summed E-state index contributed by atoms with van der Waals surface area (Å²) in [6.07, 6.45) is 0.0461. The zero-order valence-corrected chi connectivity index (χ0v) is 37.2. The van der Waals surface area contributed by atoms with E-state index in [1.165, 1.54) is 0 Å². The minimum Gasteiger partial charge on any atom is -0.494 e. The number of benzene rings is 6. The van der Waals surface area contributed by atoms with Gasteiger partial charge in [-0.15, -0.1) is 0 Å². The van der Waals surface area contributed by atoms with Crippen LogP contribution in [0.1, 0.15) is 74.0 Å². The molecule has 0 saturated carbocycles. The lowest BCUT2D eigenvalue weighted by Gasteiger charge is -2.31. The Labute approximate surface area is 381 Å². The number of ether oxygens (including phenoxy) is 5. The smallest absolute Gasteiger partial charge is 0.306 e. The molecule has 336 valence electrons. The molecule has 11 nitrogen and oxygen atoms in total. The molecule has 0 fully saturated rings. The zero-order valence-electron chi connectivity index (χ0n) is 37.2. The van der Waals surface area contributed by atoms with Crippen LogP contribution in [0.5, 0.6) is 17.2 Å². The van der Waals surface area contributed by atoms with E-state index in [2.05, 4.69) is 10.9 Å². The van der Waals surface area contributed by atoms with Gasteiger partial charge in [0, 0.05) is 31.6 Å². The lowest BCUT2D eigenvalue weighted by Crippen LogP contribution is -2.53. The molecule has 0 unspecified atom stereocenters. The second-order valence-electron chi connectivity index (χ2n) is 16.8. The van der Waals surface area contributed by atoms with Gasteiger partial charge in [-0.2, -0.15) is 0 Å². The fourth-order valence-electron chi connectivity index (χ4n) is 7.40. The Morgan fingerprint density at radius 1 is 0.692 bits per heavy atom. The summed E-state index contributed by atoms with van der Waals surface area (Å²) in [7, 11) is 0. The Kier molecular flexibility index (Phi) is 15.7. The maximum atomic E-state index is 14.8. The molecule has 65 heavy (non-hydrogen) atoms. The van der Waals surface area contributed by atoms with Crippen LogP contribution in [0.4, 0.5) is 0 Å². The summed E-state index contributed by atoms with van der Waals surface area (Å²) >= 11 is 0. The first-order valence-electron chi connectivity index (χ1n) is 22.1. The molecule has 0 spiro atoms. The number of aliphatic imine (C=N–C) groups is 1. The normalized spacial score (nSPS) is 15.6. The topological polar surface area (TPSA) is 137 Å². The van der Waals surface area contributed by atoms with Gasteiger partial charge in [0.05, 0.1) is 6.61 Å². The molecule has 1 aliphatic heterocycles. The fraction of sp³-hybridized carbons (Fsp3) is 0.278. The number of hydrogen-bond donors (Lipinski definition) is 3. The van der Waals surface area contributed by atoms with Gasteiger partial charge >= 0.3 is 5.97 Å². The second kappa shape index (κ2) is 22.1. The van der Waals surface area contributed by atoms with Crippen molar-refractivity contribution in [2.75, 3.05) is 19.8 Å². The summed E-state index contributed by atoms with van der Waals surface area (Å²) in [5.41, 5.74) is 10.2. The van der Waals surface area contributed by atoms with Crippen LogP contribution in [0, 0.1) is 0 Å². The van der Waals surface area contributed by atoms with Gasteiger partial charge in [-0.1, -0.05) is 121 Å².